The lowest BCUT2D eigenvalue weighted by molar-refractivity contribution is 0.306. The zero-order valence-corrected chi connectivity index (χ0v) is 11.9. The fraction of sp³-hybridized carbons (Fsp3) is 0.500. The molecule has 3 N–H and O–H groups in total. The van der Waals surface area contributed by atoms with E-state index in [1.54, 1.807) is 0 Å². The SMILES string of the molecule is Cc1[nH]c2ccccc2c1CCN(C)CC1(N)CC1. The summed E-state index contributed by atoms with van der Waals surface area (Å²) in [5.41, 5.74) is 10.3. The molecule has 19 heavy (non-hydrogen) atoms. The van der Waals surface area contributed by atoms with E-state index in [0.29, 0.717) is 0 Å². The molecule has 1 aliphatic rings. The summed E-state index contributed by atoms with van der Waals surface area (Å²) in [6.07, 6.45) is 3.45. The number of para-hydroxylation sites is 1. The average molecular weight is 257 g/mol. The first-order chi connectivity index (χ1) is 9.07. The lowest BCUT2D eigenvalue weighted by Gasteiger charge is -2.20. The summed E-state index contributed by atoms with van der Waals surface area (Å²) >= 11 is 0. The molecular formula is C16H23N3. The van der Waals surface area contributed by atoms with Gasteiger partial charge in [0, 0.05) is 35.2 Å². The highest BCUT2D eigenvalue weighted by Crippen LogP contribution is 2.32. The van der Waals surface area contributed by atoms with Crippen LogP contribution >= 0.6 is 0 Å². The quantitative estimate of drug-likeness (QED) is 0.864. The summed E-state index contributed by atoms with van der Waals surface area (Å²) in [6.45, 7) is 4.26. The molecule has 3 nitrogen and oxygen atoms in total. The van der Waals surface area contributed by atoms with Crippen molar-refractivity contribution in [1.82, 2.24) is 9.88 Å². The van der Waals surface area contributed by atoms with Crippen molar-refractivity contribution in [3.63, 3.8) is 0 Å². The van der Waals surface area contributed by atoms with E-state index in [2.05, 4.69) is 48.1 Å². The van der Waals surface area contributed by atoms with Crippen LogP contribution in [0.5, 0.6) is 0 Å². The average Bonchev–Trinajstić information content (AvgIpc) is 3.00. The number of rotatable bonds is 5. The third kappa shape index (κ3) is 2.67. The van der Waals surface area contributed by atoms with Crippen molar-refractivity contribution in [3.05, 3.63) is 35.5 Å². The maximum Gasteiger partial charge on any atom is 0.0458 e. The number of nitrogens with one attached hydrogen (secondary N) is 1. The van der Waals surface area contributed by atoms with Gasteiger partial charge in [0.15, 0.2) is 0 Å². The van der Waals surface area contributed by atoms with Gasteiger partial charge in [-0.1, -0.05) is 18.2 Å². The molecular weight excluding hydrogens is 234 g/mol. The van der Waals surface area contributed by atoms with E-state index >= 15 is 0 Å². The number of benzene rings is 1. The van der Waals surface area contributed by atoms with Crippen molar-refractivity contribution in [2.75, 3.05) is 20.1 Å². The molecule has 0 radical (unpaired) electrons. The Kier molecular flexibility index (Phi) is 3.11. The van der Waals surface area contributed by atoms with Crippen LogP contribution in [0.1, 0.15) is 24.1 Å². The number of aromatic nitrogens is 1. The van der Waals surface area contributed by atoms with Gasteiger partial charge in [-0.25, -0.2) is 0 Å². The first-order valence-electron chi connectivity index (χ1n) is 7.11. The van der Waals surface area contributed by atoms with Gasteiger partial charge in [-0.3, -0.25) is 0 Å². The number of fused-ring (bicyclic) bond motifs is 1. The van der Waals surface area contributed by atoms with Crippen LogP contribution in [0.3, 0.4) is 0 Å². The molecule has 3 heteroatoms. The molecule has 1 aromatic heterocycles. The van der Waals surface area contributed by atoms with Gasteiger partial charge >= 0.3 is 0 Å². The zero-order chi connectivity index (χ0) is 13.5. The molecule has 0 amide bonds. The fourth-order valence-electron chi connectivity index (χ4n) is 2.89. The van der Waals surface area contributed by atoms with Gasteiger partial charge in [-0.05, 0) is 44.9 Å². The van der Waals surface area contributed by atoms with Gasteiger partial charge in [0.2, 0.25) is 0 Å². The number of nitrogens with zero attached hydrogens (tertiary/aromatic N) is 1. The summed E-state index contributed by atoms with van der Waals surface area (Å²) in [5.74, 6) is 0. The summed E-state index contributed by atoms with van der Waals surface area (Å²) in [7, 11) is 2.18. The van der Waals surface area contributed by atoms with E-state index in [1.807, 2.05) is 0 Å². The minimum Gasteiger partial charge on any atom is -0.358 e. The largest absolute Gasteiger partial charge is 0.358 e. The van der Waals surface area contributed by atoms with Crippen molar-refractivity contribution in [3.8, 4) is 0 Å². The Labute approximate surface area is 114 Å². The Balaban J connectivity index is 1.69. The Hall–Kier alpha value is -1.32. The zero-order valence-electron chi connectivity index (χ0n) is 11.9. The van der Waals surface area contributed by atoms with Crippen molar-refractivity contribution in [1.29, 1.82) is 0 Å². The molecule has 0 unspecified atom stereocenters. The highest BCUT2D eigenvalue weighted by atomic mass is 15.1. The Morgan fingerprint density at radius 2 is 2.05 bits per heavy atom. The maximum atomic E-state index is 6.17. The maximum absolute atomic E-state index is 6.17. The molecule has 0 atom stereocenters. The molecule has 1 heterocycles. The third-order valence-electron chi connectivity index (χ3n) is 4.25. The molecule has 3 rings (SSSR count). The third-order valence-corrected chi connectivity index (χ3v) is 4.25. The van der Waals surface area contributed by atoms with Gasteiger partial charge in [0.1, 0.15) is 0 Å². The highest BCUT2D eigenvalue weighted by molar-refractivity contribution is 5.84. The standard InChI is InChI=1S/C16H23N3/c1-12-13(14-5-3-4-6-15(14)18-12)7-10-19(2)11-16(17)8-9-16/h3-6,18H,7-11,17H2,1-2H3. The number of aryl methyl sites for hydroxylation is 1. The van der Waals surface area contributed by atoms with Crippen LogP contribution in [-0.4, -0.2) is 35.6 Å². The monoisotopic (exact) mass is 257 g/mol. The Morgan fingerprint density at radius 1 is 1.32 bits per heavy atom. The topological polar surface area (TPSA) is 45.0 Å². The van der Waals surface area contributed by atoms with Gasteiger partial charge in [-0.2, -0.15) is 0 Å². The smallest absolute Gasteiger partial charge is 0.0458 e. The first-order valence-corrected chi connectivity index (χ1v) is 7.11. The molecule has 1 saturated carbocycles. The summed E-state index contributed by atoms with van der Waals surface area (Å²) in [4.78, 5) is 5.84. The van der Waals surface area contributed by atoms with Crippen molar-refractivity contribution >= 4 is 10.9 Å². The van der Waals surface area contributed by atoms with Crippen molar-refractivity contribution in [2.45, 2.75) is 31.7 Å². The number of nitrogens with two attached hydrogens (primary N) is 1. The van der Waals surface area contributed by atoms with Crippen LogP contribution in [0.25, 0.3) is 10.9 Å². The van der Waals surface area contributed by atoms with Crippen LogP contribution < -0.4 is 5.73 Å². The second-order valence-corrected chi connectivity index (χ2v) is 6.12. The van der Waals surface area contributed by atoms with Gasteiger partial charge < -0.3 is 15.6 Å². The predicted octanol–water partition coefficient (Wildman–Crippen LogP) is 2.44. The van der Waals surface area contributed by atoms with E-state index in [1.165, 1.54) is 35.0 Å². The van der Waals surface area contributed by atoms with Crippen molar-refractivity contribution in [2.24, 2.45) is 5.73 Å². The van der Waals surface area contributed by atoms with Crippen LogP contribution in [0.4, 0.5) is 0 Å². The molecule has 2 aromatic rings. The molecule has 1 aromatic carbocycles. The Bertz CT molecular complexity index is 581. The lowest BCUT2D eigenvalue weighted by atomic mass is 10.1. The summed E-state index contributed by atoms with van der Waals surface area (Å²) in [6, 6.07) is 8.55. The number of aromatic amines is 1. The fourth-order valence-corrected chi connectivity index (χ4v) is 2.89. The van der Waals surface area contributed by atoms with Gasteiger partial charge in [-0.15, -0.1) is 0 Å². The number of H-pyrrole nitrogens is 1. The Morgan fingerprint density at radius 3 is 2.79 bits per heavy atom. The van der Waals surface area contributed by atoms with Crippen LogP contribution in [0, 0.1) is 6.92 Å². The molecule has 0 spiro atoms. The minimum atomic E-state index is 0.115. The lowest BCUT2D eigenvalue weighted by Crippen LogP contribution is -2.38. The highest BCUT2D eigenvalue weighted by Gasteiger charge is 2.38. The number of likely N-dealkylation sites (N-methyl/N-ethyl adjacent to an activating group) is 1. The second-order valence-electron chi connectivity index (χ2n) is 6.12. The summed E-state index contributed by atoms with van der Waals surface area (Å²) in [5, 5.41) is 1.36. The molecule has 1 aliphatic carbocycles. The molecule has 0 saturated heterocycles. The minimum absolute atomic E-state index is 0.115. The van der Waals surface area contributed by atoms with E-state index in [4.69, 9.17) is 5.73 Å². The molecule has 0 bridgehead atoms. The van der Waals surface area contributed by atoms with Gasteiger partial charge in [0.25, 0.3) is 0 Å². The van der Waals surface area contributed by atoms with E-state index in [-0.39, 0.29) is 5.54 Å². The summed E-state index contributed by atoms with van der Waals surface area (Å²) < 4.78 is 0. The van der Waals surface area contributed by atoms with E-state index < -0.39 is 0 Å². The van der Waals surface area contributed by atoms with E-state index in [0.717, 1.165) is 19.5 Å². The molecule has 1 fully saturated rings. The van der Waals surface area contributed by atoms with E-state index in [9.17, 15) is 0 Å². The number of hydrogen-bond acceptors (Lipinski definition) is 2. The normalized spacial score (nSPS) is 17.3. The molecule has 0 aliphatic heterocycles. The van der Waals surface area contributed by atoms with Gasteiger partial charge in [0.05, 0.1) is 0 Å². The second kappa shape index (κ2) is 4.66. The predicted molar refractivity (Wildman–Crippen MR) is 80.4 cm³/mol. The van der Waals surface area contributed by atoms with Crippen molar-refractivity contribution < 1.29 is 0 Å². The van der Waals surface area contributed by atoms with Crippen LogP contribution in [-0.2, 0) is 6.42 Å². The van der Waals surface area contributed by atoms with Crippen LogP contribution in [0.2, 0.25) is 0 Å². The molecule has 102 valence electrons. The first kappa shape index (κ1) is 12.7. The van der Waals surface area contributed by atoms with Crippen LogP contribution in [0.15, 0.2) is 24.3 Å². The number of hydrogen-bond donors (Lipinski definition) is 2.